The molecular weight excluding hydrogens is 374 g/mol. The van der Waals surface area contributed by atoms with Gasteiger partial charge in [0.25, 0.3) is 5.91 Å². The number of likely N-dealkylation sites (tertiary alicyclic amines) is 1. The van der Waals surface area contributed by atoms with Gasteiger partial charge >= 0.3 is 0 Å². The van der Waals surface area contributed by atoms with E-state index in [9.17, 15) is 18.4 Å². The summed E-state index contributed by atoms with van der Waals surface area (Å²) in [5.41, 5.74) is 0.643. The van der Waals surface area contributed by atoms with Gasteiger partial charge in [-0.2, -0.15) is 0 Å². The largest absolute Gasteiger partial charge is 0.356 e. The number of nitrogens with zero attached hydrogens (tertiary/aromatic N) is 1. The van der Waals surface area contributed by atoms with E-state index in [0.717, 1.165) is 6.42 Å². The second-order valence-electron chi connectivity index (χ2n) is 7.93. The summed E-state index contributed by atoms with van der Waals surface area (Å²) < 4.78 is 27.9. The molecule has 1 fully saturated rings. The fourth-order valence-electron chi connectivity index (χ4n) is 3.73. The van der Waals surface area contributed by atoms with Crippen molar-refractivity contribution < 1.29 is 18.4 Å². The number of halogens is 2. The molecule has 1 aliphatic rings. The van der Waals surface area contributed by atoms with Crippen LogP contribution in [0.3, 0.4) is 0 Å². The summed E-state index contributed by atoms with van der Waals surface area (Å²) in [5.74, 6) is -2.01. The highest BCUT2D eigenvalue weighted by Crippen LogP contribution is 2.34. The topological polar surface area (TPSA) is 49.4 Å². The van der Waals surface area contributed by atoms with Gasteiger partial charge < -0.3 is 10.2 Å². The molecule has 154 valence electrons. The number of amides is 2. The third-order valence-corrected chi connectivity index (χ3v) is 5.35. The molecule has 0 aliphatic carbocycles. The average molecular weight is 400 g/mol. The van der Waals surface area contributed by atoms with Crippen molar-refractivity contribution in [1.82, 2.24) is 10.2 Å². The second kappa shape index (κ2) is 9.16. The van der Waals surface area contributed by atoms with Crippen molar-refractivity contribution in [2.45, 2.75) is 26.2 Å². The van der Waals surface area contributed by atoms with Gasteiger partial charge in [-0.3, -0.25) is 9.59 Å². The van der Waals surface area contributed by atoms with E-state index in [1.54, 1.807) is 18.2 Å². The zero-order chi connectivity index (χ0) is 21.0. The molecule has 0 aromatic heterocycles. The van der Waals surface area contributed by atoms with Gasteiger partial charge in [-0.05, 0) is 42.2 Å². The molecule has 6 heteroatoms. The Hall–Kier alpha value is -2.76. The Morgan fingerprint density at radius 3 is 2.55 bits per heavy atom. The van der Waals surface area contributed by atoms with Gasteiger partial charge in [-0.1, -0.05) is 38.1 Å². The minimum Gasteiger partial charge on any atom is -0.356 e. The van der Waals surface area contributed by atoms with E-state index in [0.29, 0.717) is 18.0 Å². The van der Waals surface area contributed by atoms with Crippen LogP contribution < -0.4 is 5.32 Å². The molecule has 1 saturated heterocycles. The van der Waals surface area contributed by atoms with Crippen LogP contribution >= 0.6 is 0 Å². The summed E-state index contributed by atoms with van der Waals surface area (Å²) in [6.45, 7) is 5.10. The van der Waals surface area contributed by atoms with Gasteiger partial charge in [0.1, 0.15) is 11.6 Å². The molecule has 0 radical (unpaired) electrons. The maximum atomic E-state index is 14.1. The van der Waals surface area contributed by atoms with Crippen molar-refractivity contribution in [3.05, 3.63) is 71.3 Å². The van der Waals surface area contributed by atoms with Gasteiger partial charge in [0.15, 0.2) is 0 Å². The Kier molecular flexibility index (Phi) is 6.62. The van der Waals surface area contributed by atoms with Crippen LogP contribution in [0.2, 0.25) is 0 Å². The van der Waals surface area contributed by atoms with Crippen LogP contribution in [0.5, 0.6) is 0 Å². The van der Waals surface area contributed by atoms with Crippen molar-refractivity contribution >= 4 is 11.8 Å². The van der Waals surface area contributed by atoms with E-state index in [1.807, 2.05) is 0 Å². The lowest BCUT2D eigenvalue weighted by Gasteiger charge is -2.18. The highest BCUT2D eigenvalue weighted by atomic mass is 19.1. The lowest BCUT2D eigenvalue weighted by molar-refractivity contribution is -0.124. The third-order valence-electron chi connectivity index (χ3n) is 5.35. The van der Waals surface area contributed by atoms with E-state index in [-0.39, 0.29) is 36.3 Å². The maximum Gasteiger partial charge on any atom is 0.256 e. The standard InChI is InChI=1S/C23H26F2N2O2/c1-15(2)10-11-26-22(28)20-14-27(23(29)18-8-3-4-9-21(18)25)13-19(20)16-6-5-7-17(24)12-16/h3-9,12,15,19-20H,10-11,13-14H2,1-2H3,(H,26,28)/t19-,20-/m1/s1. The number of carbonyl (C=O) groups excluding carboxylic acids is 2. The van der Waals surface area contributed by atoms with Crippen LogP contribution in [-0.4, -0.2) is 36.3 Å². The van der Waals surface area contributed by atoms with Crippen LogP contribution in [0.15, 0.2) is 48.5 Å². The fourth-order valence-corrected chi connectivity index (χ4v) is 3.73. The molecule has 0 saturated carbocycles. The van der Waals surface area contributed by atoms with Crippen molar-refractivity contribution in [1.29, 1.82) is 0 Å². The van der Waals surface area contributed by atoms with E-state index in [2.05, 4.69) is 19.2 Å². The summed E-state index contributed by atoms with van der Waals surface area (Å²) in [6, 6.07) is 11.9. The molecular formula is C23H26F2N2O2. The normalized spacial score (nSPS) is 18.9. The quantitative estimate of drug-likeness (QED) is 0.797. The number of hydrogen-bond donors (Lipinski definition) is 1. The Balaban J connectivity index is 1.82. The first-order valence-corrected chi connectivity index (χ1v) is 9.93. The minimum absolute atomic E-state index is 0.0219. The first-order valence-electron chi connectivity index (χ1n) is 9.93. The van der Waals surface area contributed by atoms with Crippen LogP contribution in [0, 0.1) is 23.5 Å². The van der Waals surface area contributed by atoms with Gasteiger partial charge in [0.05, 0.1) is 11.5 Å². The molecule has 29 heavy (non-hydrogen) atoms. The average Bonchev–Trinajstić information content (AvgIpc) is 3.13. The summed E-state index contributed by atoms with van der Waals surface area (Å²) >= 11 is 0. The fraction of sp³-hybridized carbons (Fsp3) is 0.391. The molecule has 4 nitrogen and oxygen atoms in total. The lowest BCUT2D eigenvalue weighted by atomic mass is 9.88. The Morgan fingerprint density at radius 2 is 1.86 bits per heavy atom. The molecule has 2 aromatic carbocycles. The predicted molar refractivity (Wildman–Crippen MR) is 107 cm³/mol. The van der Waals surface area contributed by atoms with Crippen LogP contribution in [-0.2, 0) is 4.79 Å². The molecule has 2 amide bonds. The minimum atomic E-state index is -0.593. The number of rotatable bonds is 6. The molecule has 3 rings (SSSR count). The van der Waals surface area contributed by atoms with Gasteiger partial charge in [0, 0.05) is 25.6 Å². The zero-order valence-electron chi connectivity index (χ0n) is 16.7. The van der Waals surface area contributed by atoms with Gasteiger partial charge in [-0.15, -0.1) is 0 Å². The maximum absolute atomic E-state index is 14.1. The van der Waals surface area contributed by atoms with E-state index >= 15 is 0 Å². The van der Waals surface area contributed by atoms with E-state index in [1.165, 1.54) is 35.2 Å². The van der Waals surface area contributed by atoms with Crippen molar-refractivity contribution in [3.63, 3.8) is 0 Å². The Morgan fingerprint density at radius 1 is 1.10 bits per heavy atom. The number of hydrogen-bond acceptors (Lipinski definition) is 2. The van der Waals surface area contributed by atoms with Crippen LogP contribution in [0.25, 0.3) is 0 Å². The predicted octanol–water partition coefficient (Wildman–Crippen LogP) is 3.98. The first kappa shape index (κ1) is 21.0. The highest BCUT2D eigenvalue weighted by Gasteiger charge is 2.41. The van der Waals surface area contributed by atoms with Crippen LogP contribution in [0.4, 0.5) is 8.78 Å². The van der Waals surface area contributed by atoms with Gasteiger partial charge in [0.2, 0.25) is 5.91 Å². The second-order valence-corrected chi connectivity index (χ2v) is 7.93. The molecule has 2 atom stereocenters. The molecule has 2 aromatic rings. The highest BCUT2D eigenvalue weighted by molar-refractivity contribution is 5.95. The summed E-state index contributed by atoms with van der Waals surface area (Å²) in [7, 11) is 0. The number of carbonyl (C=O) groups is 2. The van der Waals surface area contributed by atoms with E-state index in [4.69, 9.17) is 0 Å². The summed E-state index contributed by atoms with van der Waals surface area (Å²) in [4.78, 5) is 27.2. The SMILES string of the molecule is CC(C)CCNC(=O)[C@@H]1CN(C(=O)c2ccccc2F)C[C@@H]1c1cccc(F)c1. The van der Waals surface area contributed by atoms with Gasteiger partial charge in [-0.25, -0.2) is 8.78 Å². The molecule has 0 bridgehead atoms. The number of benzene rings is 2. The monoisotopic (exact) mass is 400 g/mol. The Labute approximate surface area is 169 Å². The molecule has 1 aliphatic heterocycles. The van der Waals surface area contributed by atoms with Crippen molar-refractivity contribution in [3.8, 4) is 0 Å². The van der Waals surface area contributed by atoms with Crippen LogP contribution in [0.1, 0.15) is 42.1 Å². The molecule has 0 spiro atoms. The summed E-state index contributed by atoms with van der Waals surface area (Å²) in [5, 5.41) is 2.94. The zero-order valence-corrected chi connectivity index (χ0v) is 16.7. The van der Waals surface area contributed by atoms with Crippen molar-refractivity contribution in [2.75, 3.05) is 19.6 Å². The number of nitrogens with one attached hydrogen (secondary N) is 1. The Bertz CT molecular complexity index is 885. The lowest BCUT2D eigenvalue weighted by Crippen LogP contribution is -2.36. The first-order chi connectivity index (χ1) is 13.9. The molecule has 0 unspecified atom stereocenters. The molecule has 1 heterocycles. The molecule has 1 N–H and O–H groups in total. The smallest absolute Gasteiger partial charge is 0.256 e. The summed E-state index contributed by atoms with van der Waals surface area (Å²) in [6.07, 6.45) is 0.848. The van der Waals surface area contributed by atoms with Crippen molar-refractivity contribution in [2.24, 2.45) is 11.8 Å². The van der Waals surface area contributed by atoms with E-state index < -0.39 is 17.6 Å². The third kappa shape index (κ3) is 5.00.